The van der Waals surface area contributed by atoms with Gasteiger partial charge in [0.1, 0.15) is 0 Å². The third-order valence-electron chi connectivity index (χ3n) is 9.48. The Balaban J connectivity index is 1.73. The van der Waals surface area contributed by atoms with E-state index in [1.165, 1.54) is 88.7 Å². The van der Waals surface area contributed by atoms with Crippen molar-refractivity contribution in [1.29, 1.82) is 0 Å². The molecule has 6 aromatic rings. The normalized spacial score (nSPS) is 11.9. The smallest absolute Gasteiger partial charge is 0.00299 e. The minimum atomic E-state index is -0.0635. The number of hydrogen-bond acceptors (Lipinski definition) is 0. The maximum absolute atomic E-state index is 2.43. The second-order valence-electron chi connectivity index (χ2n) is 13.4. The van der Waals surface area contributed by atoms with Crippen molar-refractivity contribution >= 4 is 16.8 Å². The number of hydrogen-bond donors (Lipinski definition) is 0. The Kier molecular flexibility index (Phi) is 8.10. The van der Waals surface area contributed by atoms with Gasteiger partial charge < -0.3 is 0 Å². The van der Waals surface area contributed by atoms with Gasteiger partial charge >= 0.3 is 0 Å². The fourth-order valence-corrected chi connectivity index (χ4v) is 7.43. The van der Waals surface area contributed by atoms with Gasteiger partial charge in [-0.15, -0.1) is 0 Å². The van der Waals surface area contributed by atoms with Gasteiger partial charge in [0.25, 0.3) is 0 Å². The molecular formula is C45H44. The van der Waals surface area contributed by atoms with Crippen LogP contribution in [-0.2, 0) is 5.41 Å². The van der Waals surface area contributed by atoms with Crippen LogP contribution < -0.4 is 0 Å². The zero-order chi connectivity index (χ0) is 31.9. The van der Waals surface area contributed by atoms with Crippen molar-refractivity contribution in [1.82, 2.24) is 0 Å². The van der Waals surface area contributed by atoms with E-state index in [0.29, 0.717) is 0 Å². The van der Waals surface area contributed by atoms with Crippen LogP contribution in [0.15, 0.2) is 115 Å². The van der Waals surface area contributed by atoms with Crippen molar-refractivity contribution in [2.75, 3.05) is 0 Å². The maximum Gasteiger partial charge on any atom is -0.00299 e. The van der Waals surface area contributed by atoms with Crippen molar-refractivity contribution in [3.8, 4) is 44.5 Å². The largest absolute Gasteiger partial charge is 0.0870 e. The molecule has 0 aliphatic carbocycles. The number of aryl methyl sites for hydroxylation is 1. The van der Waals surface area contributed by atoms with E-state index in [4.69, 9.17) is 0 Å². The molecule has 0 aliphatic heterocycles. The van der Waals surface area contributed by atoms with E-state index in [2.05, 4.69) is 177 Å². The first-order chi connectivity index (χ1) is 21.6. The monoisotopic (exact) mass is 584 g/mol. The summed E-state index contributed by atoms with van der Waals surface area (Å²) in [7, 11) is 0. The summed E-state index contributed by atoms with van der Waals surface area (Å²) in [5.74, 6) is 0. The summed E-state index contributed by atoms with van der Waals surface area (Å²) >= 11 is 0. The molecule has 0 saturated heterocycles. The molecule has 45 heavy (non-hydrogen) atoms. The first kappa shape index (κ1) is 30.4. The highest BCUT2D eigenvalue weighted by Gasteiger charge is 2.29. The third-order valence-corrected chi connectivity index (χ3v) is 9.48. The molecule has 0 fully saturated rings. The molecule has 6 rings (SSSR count). The molecule has 0 atom stereocenters. The highest BCUT2D eigenvalue weighted by Crippen LogP contribution is 2.49. The second kappa shape index (κ2) is 12.0. The predicted octanol–water partition coefficient (Wildman–Crippen LogP) is 13.1. The zero-order valence-corrected chi connectivity index (χ0v) is 28.0. The van der Waals surface area contributed by atoms with E-state index in [0.717, 1.165) is 0 Å². The van der Waals surface area contributed by atoms with E-state index in [1.54, 1.807) is 0 Å². The van der Waals surface area contributed by atoms with Crippen LogP contribution in [-0.4, -0.2) is 0 Å². The quantitative estimate of drug-likeness (QED) is 0.189. The van der Waals surface area contributed by atoms with Crippen molar-refractivity contribution in [3.63, 3.8) is 0 Å². The number of fused-ring (bicyclic) bond motifs is 1. The molecule has 0 saturated carbocycles. The number of allylic oxidation sites excluding steroid dienone is 1. The minimum absolute atomic E-state index is 0.0635. The summed E-state index contributed by atoms with van der Waals surface area (Å²) in [6, 6.07) is 40.1. The molecule has 0 spiro atoms. The van der Waals surface area contributed by atoms with Crippen LogP contribution in [0.25, 0.3) is 61.4 Å². The molecule has 224 valence electrons. The Morgan fingerprint density at radius 3 is 1.42 bits per heavy atom. The van der Waals surface area contributed by atoms with Gasteiger partial charge in [-0.05, 0) is 135 Å². The lowest BCUT2D eigenvalue weighted by atomic mass is 9.72. The van der Waals surface area contributed by atoms with Gasteiger partial charge in [-0.25, -0.2) is 0 Å². The maximum atomic E-state index is 2.43. The average molecular weight is 585 g/mol. The van der Waals surface area contributed by atoms with Gasteiger partial charge in [-0.1, -0.05) is 136 Å². The lowest BCUT2D eigenvalue weighted by molar-refractivity contribution is 0.593. The molecule has 0 radical (unpaired) electrons. The summed E-state index contributed by atoms with van der Waals surface area (Å²) in [6.07, 6.45) is 4.45. The van der Waals surface area contributed by atoms with Crippen molar-refractivity contribution < 1.29 is 0 Å². The summed E-state index contributed by atoms with van der Waals surface area (Å²) in [5.41, 5.74) is 18.4. The molecule has 0 heterocycles. The minimum Gasteiger partial charge on any atom is -0.0870 e. The first-order valence-electron chi connectivity index (χ1n) is 16.2. The van der Waals surface area contributed by atoms with Crippen LogP contribution in [0.1, 0.15) is 61.1 Å². The topological polar surface area (TPSA) is 0 Å². The van der Waals surface area contributed by atoms with E-state index >= 15 is 0 Å². The van der Waals surface area contributed by atoms with Gasteiger partial charge in [0.15, 0.2) is 0 Å². The Bertz CT molecular complexity index is 1980. The number of benzene rings is 6. The lowest BCUT2D eigenvalue weighted by Crippen LogP contribution is -2.17. The first-order valence-corrected chi connectivity index (χ1v) is 16.2. The van der Waals surface area contributed by atoms with Crippen molar-refractivity contribution in [2.24, 2.45) is 0 Å². The van der Waals surface area contributed by atoms with Crippen LogP contribution in [0.5, 0.6) is 0 Å². The van der Waals surface area contributed by atoms with Gasteiger partial charge in [-0.2, -0.15) is 0 Å². The molecule has 0 bridgehead atoms. The molecule has 0 amide bonds. The van der Waals surface area contributed by atoms with Crippen LogP contribution in [0.3, 0.4) is 0 Å². The highest BCUT2D eigenvalue weighted by molar-refractivity contribution is 6.04. The summed E-state index contributed by atoms with van der Waals surface area (Å²) in [6.45, 7) is 18.4. The highest BCUT2D eigenvalue weighted by atomic mass is 14.3. The van der Waals surface area contributed by atoms with E-state index in [-0.39, 0.29) is 5.41 Å². The average Bonchev–Trinajstić information content (AvgIpc) is 3.04. The second-order valence-corrected chi connectivity index (χ2v) is 13.4. The standard InChI is InChI=1S/C45H44/c1-9-19-38-30(3)29(2)37-26-16-17-27-39(37)43(38)36-25-18-24-35(28-36)40-31(4)41(33-20-12-10-13-21-33)44(45(6,7)8)42(32(40)5)34-22-14-11-15-23-34/h9-28H,1-8H3. The summed E-state index contributed by atoms with van der Waals surface area (Å²) in [4.78, 5) is 0. The van der Waals surface area contributed by atoms with Crippen molar-refractivity contribution in [3.05, 3.63) is 149 Å². The van der Waals surface area contributed by atoms with E-state index in [9.17, 15) is 0 Å². The Labute approximate surface area is 270 Å². The summed E-state index contributed by atoms with van der Waals surface area (Å²) in [5, 5.41) is 2.63. The summed E-state index contributed by atoms with van der Waals surface area (Å²) < 4.78 is 0. The predicted molar refractivity (Wildman–Crippen MR) is 198 cm³/mol. The van der Waals surface area contributed by atoms with Gasteiger partial charge in [0.05, 0.1) is 0 Å². The van der Waals surface area contributed by atoms with Crippen LogP contribution in [0.4, 0.5) is 0 Å². The number of rotatable bonds is 5. The third kappa shape index (κ3) is 5.33. The molecular weight excluding hydrogens is 540 g/mol. The molecule has 0 aliphatic rings. The SMILES string of the molecule is CC=Cc1c(C)c(C)c2ccccc2c1-c1cccc(-c2c(C)c(-c3ccccc3)c(C(C)(C)C)c(-c3ccccc3)c2C)c1. The van der Waals surface area contributed by atoms with Gasteiger partial charge in [0.2, 0.25) is 0 Å². The van der Waals surface area contributed by atoms with Crippen molar-refractivity contribution in [2.45, 2.75) is 60.8 Å². The Hall–Kier alpha value is -4.68. The fourth-order valence-electron chi connectivity index (χ4n) is 7.43. The Morgan fingerprint density at radius 1 is 0.444 bits per heavy atom. The van der Waals surface area contributed by atoms with Gasteiger partial charge in [-0.3, -0.25) is 0 Å². The fraction of sp³-hybridized carbons (Fsp3) is 0.200. The molecule has 0 unspecified atom stereocenters. The Morgan fingerprint density at radius 2 is 0.911 bits per heavy atom. The lowest BCUT2D eigenvalue weighted by Gasteiger charge is -2.32. The zero-order valence-electron chi connectivity index (χ0n) is 28.0. The molecule has 0 nitrogen and oxygen atoms in total. The molecule has 6 aromatic carbocycles. The van der Waals surface area contributed by atoms with Gasteiger partial charge in [0, 0.05) is 0 Å². The molecule has 0 aromatic heterocycles. The van der Waals surface area contributed by atoms with Crippen LogP contribution >= 0.6 is 0 Å². The van der Waals surface area contributed by atoms with Crippen LogP contribution in [0, 0.1) is 27.7 Å². The molecule has 0 N–H and O–H groups in total. The van der Waals surface area contributed by atoms with E-state index < -0.39 is 0 Å². The van der Waals surface area contributed by atoms with E-state index in [1.807, 2.05) is 0 Å². The molecule has 0 heteroatoms. The van der Waals surface area contributed by atoms with Crippen LogP contribution in [0.2, 0.25) is 0 Å².